The van der Waals surface area contributed by atoms with Gasteiger partial charge in [-0.25, -0.2) is 0 Å². The molecule has 0 unspecified atom stereocenters. The lowest BCUT2D eigenvalue weighted by atomic mass is 10.1. The molecular formula is C20H14N2O7S2. The molecule has 0 radical (unpaired) electrons. The van der Waals surface area contributed by atoms with Crippen molar-refractivity contribution in [3.8, 4) is 5.75 Å². The van der Waals surface area contributed by atoms with Crippen LogP contribution in [0.1, 0.15) is 0 Å². The highest BCUT2D eigenvalue weighted by Crippen LogP contribution is 2.37. The number of azo groups is 1. The second-order valence-electron chi connectivity index (χ2n) is 6.60. The molecule has 0 amide bonds. The van der Waals surface area contributed by atoms with Gasteiger partial charge in [0.1, 0.15) is 21.2 Å². The first kappa shape index (κ1) is 20.9. The Bertz CT molecular complexity index is 1600. The van der Waals surface area contributed by atoms with Crippen LogP contribution >= 0.6 is 0 Å². The maximum atomic E-state index is 11.9. The van der Waals surface area contributed by atoms with Crippen molar-refractivity contribution >= 4 is 53.2 Å². The molecule has 0 bridgehead atoms. The van der Waals surface area contributed by atoms with Crippen LogP contribution in [0, 0.1) is 0 Å². The van der Waals surface area contributed by atoms with Gasteiger partial charge in [0, 0.05) is 16.2 Å². The number of fused-ring (bicyclic) bond motifs is 2. The summed E-state index contributed by atoms with van der Waals surface area (Å²) in [6.07, 6.45) is 0. The van der Waals surface area contributed by atoms with Gasteiger partial charge in [0.2, 0.25) is 0 Å². The van der Waals surface area contributed by atoms with E-state index in [1.807, 2.05) is 0 Å². The van der Waals surface area contributed by atoms with Crippen molar-refractivity contribution in [2.45, 2.75) is 9.79 Å². The second-order valence-corrected chi connectivity index (χ2v) is 9.38. The fourth-order valence-corrected chi connectivity index (χ4v) is 4.68. The zero-order valence-corrected chi connectivity index (χ0v) is 17.2. The van der Waals surface area contributed by atoms with E-state index in [0.717, 1.165) is 17.5 Å². The number of hydrogen-bond donors (Lipinski definition) is 3. The van der Waals surface area contributed by atoms with Gasteiger partial charge in [0.05, 0.1) is 5.69 Å². The minimum Gasteiger partial charge on any atom is -0.506 e. The molecule has 31 heavy (non-hydrogen) atoms. The Labute approximate surface area is 176 Å². The Morgan fingerprint density at radius 2 is 1.32 bits per heavy atom. The lowest BCUT2D eigenvalue weighted by molar-refractivity contribution is 0.477. The average Bonchev–Trinajstić information content (AvgIpc) is 2.70. The summed E-state index contributed by atoms with van der Waals surface area (Å²) in [5, 5.41) is 19.2. The van der Waals surface area contributed by atoms with Gasteiger partial charge in [0.15, 0.2) is 0 Å². The summed E-state index contributed by atoms with van der Waals surface area (Å²) in [6.45, 7) is 0. The molecule has 0 saturated heterocycles. The molecule has 0 aliphatic heterocycles. The summed E-state index contributed by atoms with van der Waals surface area (Å²) in [7, 11) is -9.47. The van der Waals surface area contributed by atoms with Crippen LogP contribution in [0.2, 0.25) is 0 Å². The first-order valence-corrected chi connectivity index (χ1v) is 11.6. The van der Waals surface area contributed by atoms with E-state index in [2.05, 4.69) is 10.2 Å². The Morgan fingerprint density at radius 3 is 2.03 bits per heavy atom. The third-order valence-corrected chi connectivity index (χ3v) is 6.41. The van der Waals surface area contributed by atoms with Crippen molar-refractivity contribution in [1.82, 2.24) is 0 Å². The van der Waals surface area contributed by atoms with Gasteiger partial charge in [-0.1, -0.05) is 42.5 Å². The average molecular weight is 458 g/mol. The lowest BCUT2D eigenvalue weighted by Gasteiger charge is -2.09. The van der Waals surface area contributed by atoms with Crippen molar-refractivity contribution in [3.05, 3.63) is 66.7 Å². The Kier molecular flexibility index (Phi) is 4.98. The third-order valence-electron chi connectivity index (χ3n) is 4.60. The maximum absolute atomic E-state index is 11.9. The van der Waals surface area contributed by atoms with Crippen molar-refractivity contribution in [1.29, 1.82) is 0 Å². The summed E-state index contributed by atoms with van der Waals surface area (Å²) < 4.78 is 66.4. The van der Waals surface area contributed by atoms with E-state index in [1.54, 1.807) is 30.3 Å². The molecule has 3 N–H and O–H groups in total. The molecule has 0 spiro atoms. The first-order valence-electron chi connectivity index (χ1n) is 8.70. The summed E-state index contributed by atoms with van der Waals surface area (Å²) in [4.78, 5) is -1.16. The van der Waals surface area contributed by atoms with Crippen molar-refractivity contribution < 1.29 is 31.0 Å². The molecule has 0 saturated carbocycles. The van der Waals surface area contributed by atoms with Crippen LogP contribution in [-0.2, 0) is 20.2 Å². The largest absolute Gasteiger partial charge is 0.506 e. The molecule has 4 aromatic rings. The Morgan fingerprint density at radius 1 is 0.645 bits per heavy atom. The van der Waals surface area contributed by atoms with Gasteiger partial charge in [-0.05, 0) is 29.7 Å². The third kappa shape index (κ3) is 3.99. The topological polar surface area (TPSA) is 154 Å². The molecule has 9 nitrogen and oxygen atoms in total. The van der Waals surface area contributed by atoms with Crippen LogP contribution in [0.4, 0.5) is 11.4 Å². The van der Waals surface area contributed by atoms with Crippen molar-refractivity contribution in [3.63, 3.8) is 0 Å². The number of phenols is 1. The molecule has 0 aliphatic carbocycles. The minimum atomic E-state index is -4.77. The molecule has 4 aromatic carbocycles. The van der Waals surface area contributed by atoms with E-state index in [1.165, 1.54) is 24.3 Å². The van der Waals surface area contributed by atoms with E-state index in [0.29, 0.717) is 5.39 Å². The first-order chi connectivity index (χ1) is 14.6. The Hall–Kier alpha value is -3.38. The maximum Gasteiger partial charge on any atom is 0.295 e. The van der Waals surface area contributed by atoms with Gasteiger partial charge >= 0.3 is 0 Å². The van der Waals surface area contributed by atoms with E-state index in [9.17, 15) is 31.0 Å². The highest BCUT2D eigenvalue weighted by molar-refractivity contribution is 7.86. The number of aromatic hydroxyl groups is 1. The number of benzene rings is 4. The van der Waals surface area contributed by atoms with Crippen LogP contribution in [0.5, 0.6) is 5.75 Å². The summed E-state index contributed by atoms with van der Waals surface area (Å²) in [6, 6.07) is 16.0. The molecule has 0 fully saturated rings. The SMILES string of the molecule is O=S(=O)(O)c1cc(N=Nc2c(O)ccc3ccccc23)cc2c(S(=O)(=O)O)cccc12. The Balaban J connectivity index is 1.99. The number of nitrogens with zero attached hydrogens (tertiary/aromatic N) is 2. The predicted octanol–water partition coefficient (Wildman–Crippen LogP) is 4.61. The van der Waals surface area contributed by atoms with E-state index in [-0.39, 0.29) is 27.9 Å². The van der Waals surface area contributed by atoms with Crippen LogP contribution in [0.15, 0.2) is 86.7 Å². The molecular weight excluding hydrogens is 444 g/mol. The van der Waals surface area contributed by atoms with Gasteiger partial charge in [-0.3, -0.25) is 9.11 Å². The van der Waals surface area contributed by atoms with E-state index in [4.69, 9.17) is 0 Å². The molecule has 11 heteroatoms. The predicted molar refractivity (Wildman–Crippen MR) is 113 cm³/mol. The number of rotatable bonds is 4. The smallest absolute Gasteiger partial charge is 0.295 e. The van der Waals surface area contributed by atoms with E-state index < -0.39 is 30.0 Å². The van der Waals surface area contributed by atoms with Gasteiger partial charge in [0.25, 0.3) is 20.2 Å². The summed E-state index contributed by atoms with van der Waals surface area (Å²) in [5.41, 5.74) is -0.00164. The molecule has 0 atom stereocenters. The fourth-order valence-electron chi connectivity index (χ4n) is 3.26. The van der Waals surface area contributed by atoms with Crippen molar-refractivity contribution in [2.24, 2.45) is 10.2 Å². The second kappa shape index (κ2) is 7.39. The van der Waals surface area contributed by atoms with Crippen LogP contribution in [-0.4, -0.2) is 31.0 Å². The molecule has 4 rings (SSSR count). The van der Waals surface area contributed by atoms with Gasteiger partial charge in [-0.2, -0.15) is 21.9 Å². The molecule has 0 aliphatic rings. The summed E-state index contributed by atoms with van der Waals surface area (Å²) >= 11 is 0. The molecule has 158 valence electrons. The van der Waals surface area contributed by atoms with Crippen LogP contribution < -0.4 is 0 Å². The summed E-state index contributed by atoms with van der Waals surface area (Å²) in [5.74, 6) is -0.170. The number of hydrogen-bond acceptors (Lipinski definition) is 7. The van der Waals surface area contributed by atoms with Gasteiger partial charge < -0.3 is 5.11 Å². The molecule has 0 heterocycles. The zero-order valence-electron chi connectivity index (χ0n) is 15.5. The van der Waals surface area contributed by atoms with Crippen molar-refractivity contribution in [2.75, 3.05) is 0 Å². The monoisotopic (exact) mass is 458 g/mol. The van der Waals surface area contributed by atoms with Crippen LogP contribution in [0.3, 0.4) is 0 Å². The lowest BCUT2D eigenvalue weighted by Crippen LogP contribution is -2.03. The molecule has 0 aromatic heterocycles. The fraction of sp³-hybridized carbons (Fsp3) is 0. The quantitative estimate of drug-likeness (QED) is 0.298. The minimum absolute atomic E-state index is 0.120. The van der Waals surface area contributed by atoms with Gasteiger partial charge in [-0.15, -0.1) is 5.11 Å². The highest BCUT2D eigenvalue weighted by Gasteiger charge is 2.21. The highest BCUT2D eigenvalue weighted by atomic mass is 32.2. The normalized spacial score (nSPS) is 12.7. The standard InChI is InChI=1S/C20H14N2O7S2/c23-17-9-8-12-4-1-2-5-14(12)20(17)22-21-13-10-16-15(19(11-13)31(27,28)29)6-3-7-18(16)30(24,25)26/h1-11,23H,(H,24,25,26)(H,27,28,29). The van der Waals surface area contributed by atoms with E-state index >= 15 is 0 Å². The zero-order chi connectivity index (χ0) is 22.4. The number of phenolic OH excluding ortho intramolecular Hbond substituents is 1. The van der Waals surface area contributed by atoms with Crippen LogP contribution in [0.25, 0.3) is 21.5 Å².